The third kappa shape index (κ3) is 1.93. The fourth-order valence-electron chi connectivity index (χ4n) is 1.67. The molecule has 2 heterocycles. The Labute approximate surface area is 102 Å². The minimum atomic E-state index is -0.183. The van der Waals surface area contributed by atoms with E-state index in [0.29, 0.717) is 18.7 Å². The van der Waals surface area contributed by atoms with Crippen molar-refractivity contribution in [3.8, 4) is 0 Å². The van der Waals surface area contributed by atoms with E-state index < -0.39 is 0 Å². The number of nitrogen functional groups attached to an aromatic ring is 1. The summed E-state index contributed by atoms with van der Waals surface area (Å²) in [6.07, 6.45) is 0.303. The van der Waals surface area contributed by atoms with Crippen LogP contribution in [0.2, 0.25) is 10.3 Å². The van der Waals surface area contributed by atoms with Gasteiger partial charge in [0.05, 0.1) is 11.4 Å². The summed E-state index contributed by atoms with van der Waals surface area (Å²) in [6, 6.07) is 1.33. The molecule has 5 nitrogen and oxygen atoms in total. The fourth-order valence-corrected chi connectivity index (χ4v) is 2.09. The predicted molar refractivity (Wildman–Crippen MR) is 63.6 cm³/mol. The highest BCUT2D eigenvalue weighted by Crippen LogP contribution is 2.33. The van der Waals surface area contributed by atoms with E-state index in [1.54, 1.807) is 0 Å². The lowest BCUT2D eigenvalue weighted by atomic mass is 10.3. The van der Waals surface area contributed by atoms with E-state index in [4.69, 9.17) is 34.7 Å². The number of aromatic nitrogens is 1. The summed E-state index contributed by atoms with van der Waals surface area (Å²) in [5.74, 6) is -0.0856. The van der Waals surface area contributed by atoms with Gasteiger partial charge in [0.1, 0.15) is 5.15 Å². The van der Waals surface area contributed by atoms with Crippen LogP contribution in [0.4, 0.5) is 11.4 Å². The van der Waals surface area contributed by atoms with Gasteiger partial charge in [-0.25, -0.2) is 4.98 Å². The van der Waals surface area contributed by atoms with Crippen LogP contribution in [0.5, 0.6) is 0 Å². The van der Waals surface area contributed by atoms with Gasteiger partial charge in [0, 0.05) is 25.1 Å². The second-order valence-electron chi connectivity index (χ2n) is 3.64. The zero-order chi connectivity index (χ0) is 11.9. The molecule has 1 amide bonds. The average molecular weight is 261 g/mol. The number of amides is 1. The lowest BCUT2D eigenvalue weighted by molar-refractivity contribution is -0.117. The highest BCUT2D eigenvalue weighted by molar-refractivity contribution is 6.35. The Morgan fingerprint density at radius 1 is 1.50 bits per heavy atom. The lowest BCUT2D eigenvalue weighted by Crippen LogP contribution is -2.28. The van der Waals surface area contributed by atoms with Crippen LogP contribution in [-0.4, -0.2) is 23.5 Å². The van der Waals surface area contributed by atoms with Crippen LogP contribution >= 0.6 is 23.2 Å². The molecule has 0 aromatic carbocycles. The Bertz CT molecular complexity index is 451. The molecule has 1 saturated heterocycles. The summed E-state index contributed by atoms with van der Waals surface area (Å²) in [6.45, 7) is 0.416. The monoisotopic (exact) mass is 260 g/mol. The molecule has 1 fully saturated rings. The number of hydrogen-bond donors (Lipinski definition) is 2. The number of anilines is 2. The van der Waals surface area contributed by atoms with Crippen molar-refractivity contribution in [2.24, 2.45) is 5.73 Å². The molecule has 1 aromatic rings. The van der Waals surface area contributed by atoms with Crippen LogP contribution in [0.3, 0.4) is 0 Å². The molecule has 2 rings (SSSR count). The SMILES string of the molecule is Nc1c(N2CC(N)CC2=O)cc(Cl)nc1Cl. The van der Waals surface area contributed by atoms with Gasteiger partial charge in [-0.2, -0.15) is 0 Å². The maximum atomic E-state index is 11.6. The van der Waals surface area contributed by atoms with Gasteiger partial charge in [0.2, 0.25) is 5.91 Å². The molecule has 0 spiro atoms. The molecule has 16 heavy (non-hydrogen) atoms. The molecule has 86 valence electrons. The molecule has 7 heteroatoms. The van der Waals surface area contributed by atoms with Crippen molar-refractivity contribution in [3.63, 3.8) is 0 Å². The molecular formula is C9H10Cl2N4O. The minimum Gasteiger partial charge on any atom is -0.395 e. The van der Waals surface area contributed by atoms with Crippen molar-refractivity contribution in [2.75, 3.05) is 17.2 Å². The largest absolute Gasteiger partial charge is 0.395 e. The topological polar surface area (TPSA) is 85.2 Å². The third-order valence-corrected chi connectivity index (χ3v) is 2.89. The second kappa shape index (κ2) is 4.08. The molecule has 1 aromatic heterocycles. The van der Waals surface area contributed by atoms with E-state index in [-0.39, 0.29) is 27.9 Å². The van der Waals surface area contributed by atoms with Crippen molar-refractivity contribution in [1.29, 1.82) is 0 Å². The molecule has 4 N–H and O–H groups in total. The highest BCUT2D eigenvalue weighted by Gasteiger charge is 2.30. The van der Waals surface area contributed by atoms with E-state index in [9.17, 15) is 4.79 Å². The Kier molecular flexibility index (Phi) is 2.92. The van der Waals surface area contributed by atoms with Crippen LogP contribution in [0.15, 0.2) is 6.07 Å². The van der Waals surface area contributed by atoms with E-state index in [0.717, 1.165) is 0 Å². The minimum absolute atomic E-state index is 0.0856. The van der Waals surface area contributed by atoms with Crippen molar-refractivity contribution in [3.05, 3.63) is 16.4 Å². The van der Waals surface area contributed by atoms with Gasteiger partial charge in [0.25, 0.3) is 0 Å². The summed E-state index contributed by atoms with van der Waals surface area (Å²) in [4.78, 5) is 16.9. The van der Waals surface area contributed by atoms with Crippen molar-refractivity contribution in [2.45, 2.75) is 12.5 Å². The van der Waals surface area contributed by atoms with Crippen LogP contribution in [0.1, 0.15) is 6.42 Å². The van der Waals surface area contributed by atoms with E-state index >= 15 is 0 Å². The Balaban J connectivity index is 2.44. The van der Waals surface area contributed by atoms with Crippen molar-refractivity contribution >= 4 is 40.5 Å². The number of rotatable bonds is 1. The molecule has 1 unspecified atom stereocenters. The first-order valence-electron chi connectivity index (χ1n) is 4.66. The third-order valence-electron chi connectivity index (χ3n) is 2.40. The number of nitrogens with two attached hydrogens (primary N) is 2. The molecule has 1 aliphatic heterocycles. The molecule has 0 radical (unpaired) electrons. The van der Waals surface area contributed by atoms with Gasteiger partial charge in [-0.15, -0.1) is 0 Å². The molecule has 1 aliphatic rings. The van der Waals surface area contributed by atoms with Crippen molar-refractivity contribution < 1.29 is 4.79 Å². The quantitative estimate of drug-likeness (QED) is 0.739. The second-order valence-corrected chi connectivity index (χ2v) is 4.38. The van der Waals surface area contributed by atoms with Gasteiger partial charge in [-0.1, -0.05) is 23.2 Å². The molecule has 0 saturated carbocycles. The maximum Gasteiger partial charge on any atom is 0.228 e. The first-order chi connectivity index (χ1) is 7.49. The smallest absolute Gasteiger partial charge is 0.228 e. The van der Waals surface area contributed by atoms with Crippen LogP contribution in [0, 0.1) is 0 Å². The molecular weight excluding hydrogens is 251 g/mol. The number of nitrogens with zero attached hydrogens (tertiary/aromatic N) is 2. The van der Waals surface area contributed by atoms with E-state index in [1.807, 2.05) is 0 Å². The van der Waals surface area contributed by atoms with Crippen LogP contribution < -0.4 is 16.4 Å². The van der Waals surface area contributed by atoms with Gasteiger partial charge in [0.15, 0.2) is 5.15 Å². The zero-order valence-electron chi connectivity index (χ0n) is 8.28. The van der Waals surface area contributed by atoms with Gasteiger partial charge in [-0.05, 0) is 0 Å². The lowest BCUT2D eigenvalue weighted by Gasteiger charge is -2.18. The van der Waals surface area contributed by atoms with Gasteiger partial charge >= 0.3 is 0 Å². The molecule has 1 atom stereocenters. The predicted octanol–water partition coefficient (Wildman–Crippen LogP) is 1.03. The number of carbonyl (C=O) groups excluding carboxylic acids is 1. The summed E-state index contributed by atoms with van der Waals surface area (Å²) in [5, 5.41) is 0.290. The Morgan fingerprint density at radius 3 is 2.75 bits per heavy atom. The van der Waals surface area contributed by atoms with E-state index in [1.165, 1.54) is 11.0 Å². The number of pyridine rings is 1. The van der Waals surface area contributed by atoms with Crippen LogP contribution in [-0.2, 0) is 4.79 Å². The van der Waals surface area contributed by atoms with Crippen LogP contribution in [0.25, 0.3) is 0 Å². The Morgan fingerprint density at radius 2 is 2.19 bits per heavy atom. The summed E-state index contributed by atoms with van der Waals surface area (Å²) >= 11 is 11.6. The number of carbonyl (C=O) groups is 1. The normalized spacial score (nSPS) is 20.6. The molecule has 0 bridgehead atoms. The summed E-state index contributed by atoms with van der Waals surface area (Å²) in [5.41, 5.74) is 12.2. The summed E-state index contributed by atoms with van der Waals surface area (Å²) in [7, 11) is 0. The fraction of sp³-hybridized carbons (Fsp3) is 0.333. The first-order valence-corrected chi connectivity index (χ1v) is 5.42. The maximum absolute atomic E-state index is 11.6. The molecule has 0 aliphatic carbocycles. The van der Waals surface area contributed by atoms with E-state index in [2.05, 4.69) is 4.98 Å². The zero-order valence-corrected chi connectivity index (χ0v) is 9.79. The van der Waals surface area contributed by atoms with Gasteiger partial charge in [-0.3, -0.25) is 4.79 Å². The Hall–Kier alpha value is -1.04. The van der Waals surface area contributed by atoms with Crippen molar-refractivity contribution in [1.82, 2.24) is 4.98 Å². The number of halogens is 2. The summed E-state index contributed by atoms with van der Waals surface area (Å²) < 4.78 is 0. The van der Waals surface area contributed by atoms with Gasteiger partial charge < -0.3 is 16.4 Å². The average Bonchev–Trinajstić information content (AvgIpc) is 2.51. The highest BCUT2D eigenvalue weighted by atomic mass is 35.5. The first kappa shape index (κ1) is 11.4. The number of hydrogen-bond acceptors (Lipinski definition) is 4. The standard InChI is InChI=1S/C9H10Cl2N4O/c10-6-2-5(8(13)9(11)14-6)15-3-4(12)1-7(15)16/h2,4H,1,3,12-13H2.